The molecule has 0 bridgehead atoms. The second-order valence-electron chi connectivity index (χ2n) is 10.7. The molecular weight excluding hydrogens is 520 g/mol. The number of rotatable bonds is 11. The van der Waals surface area contributed by atoms with Gasteiger partial charge in [0.1, 0.15) is 0 Å². The molecule has 0 saturated carbocycles. The van der Waals surface area contributed by atoms with Crippen molar-refractivity contribution in [1.82, 2.24) is 10.2 Å². The third-order valence-corrected chi connectivity index (χ3v) is 7.34. The number of carbonyl (C=O) groups is 2. The lowest BCUT2D eigenvalue weighted by atomic mass is 9.90. The number of benzene rings is 3. The van der Waals surface area contributed by atoms with Crippen molar-refractivity contribution < 1.29 is 28.9 Å². The molecule has 218 valence electrons. The van der Waals surface area contributed by atoms with Crippen molar-refractivity contribution >= 4 is 11.9 Å². The number of nitrogens with one attached hydrogen (secondary N) is 1. The molecule has 4 rings (SSSR count). The SMILES string of the molecule is CC(=O)O[C@@H](C)C(=O)NCc1ccc([C@H]2O[C@@H](CN(C)Cc3ccccc3)[C@@H](C)[C@@H](c3ccc(CO)cc3)O2)cc1. The minimum absolute atomic E-state index is 0.00450. The summed E-state index contributed by atoms with van der Waals surface area (Å²) in [6, 6.07) is 26.0. The van der Waals surface area contributed by atoms with E-state index in [1.54, 1.807) is 6.92 Å². The van der Waals surface area contributed by atoms with Gasteiger partial charge in [-0.1, -0.05) is 85.8 Å². The number of carbonyl (C=O) groups excluding carboxylic acids is 2. The Kier molecular flexibility index (Phi) is 10.7. The molecule has 1 heterocycles. The molecule has 2 N–H and O–H groups in total. The number of hydrogen-bond donors (Lipinski definition) is 2. The summed E-state index contributed by atoms with van der Waals surface area (Å²) in [6.07, 6.45) is -1.71. The Morgan fingerprint density at radius 1 is 0.927 bits per heavy atom. The third-order valence-electron chi connectivity index (χ3n) is 7.34. The minimum atomic E-state index is -0.849. The maximum absolute atomic E-state index is 12.2. The Labute approximate surface area is 242 Å². The number of likely N-dealkylation sites (N-methyl/N-ethyl adjacent to an activating group) is 1. The maximum atomic E-state index is 12.2. The van der Waals surface area contributed by atoms with Crippen LogP contribution in [0, 0.1) is 5.92 Å². The van der Waals surface area contributed by atoms with E-state index in [2.05, 4.69) is 48.5 Å². The summed E-state index contributed by atoms with van der Waals surface area (Å²) in [5.41, 5.74) is 4.92. The highest BCUT2D eigenvalue weighted by atomic mass is 16.7. The van der Waals surface area contributed by atoms with E-state index >= 15 is 0 Å². The molecule has 0 spiro atoms. The van der Waals surface area contributed by atoms with Crippen molar-refractivity contribution in [3.05, 3.63) is 107 Å². The average Bonchev–Trinajstić information content (AvgIpc) is 2.97. The summed E-state index contributed by atoms with van der Waals surface area (Å²) in [4.78, 5) is 25.6. The van der Waals surface area contributed by atoms with Gasteiger partial charge in [-0.2, -0.15) is 0 Å². The lowest BCUT2D eigenvalue weighted by molar-refractivity contribution is -0.276. The number of esters is 1. The van der Waals surface area contributed by atoms with E-state index < -0.39 is 18.4 Å². The summed E-state index contributed by atoms with van der Waals surface area (Å²) in [5, 5.41) is 12.3. The summed E-state index contributed by atoms with van der Waals surface area (Å²) in [5.74, 6) is -0.765. The van der Waals surface area contributed by atoms with Crippen LogP contribution in [0.25, 0.3) is 0 Å². The third kappa shape index (κ3) is 8.47. The Morgan fingerprint density at radius 2 is 1.56 bits per heavy atom. The summed E-state index contributed by atoms with van der Waals surface area (Å²) < 4.78 is 18.1. The van der Waals surface area contributed by atoms with Crippen LogP contribution in [-0.2, 0) is 43.5 Å². The molecule has 8 heteroatoms. The highest BCUT2D eigenvalue weighted by molar-refractivity contribution is 5.82. The van der Waals surface area contributed by atoms with Crippen LogP contribution in [-0.4, -0.2) is 47.7 Å². The van der Waals surface area contributed by atoms with Crippen molar-refractivity contribution in [2.75, 3.05) is 13.6 Å². The molecule has 8 nitrogen and oxygen atoms in total. The van der Waals surface area contributed by atoms with Crippen molar-refractivity contribution in [2.45, 2.75) is 65.1 Å². The quantitative estimate of drug-likeness (QED) is 0.329. The standard InChI is InChI=1S/C33H40N2O6/c1-22-30(20-35(4)19-26-8-6-5-7-9-26)40-33(41-31(22)28-14-12-27(21-36)13-15-28)29-16-10-25(11-17-29)18-34-32(38)23(2)39-24(3)37/h5-17,22-23,30-31,33,36H,18-21H2,1-4H3,(H,34,38)/t22-,23+,30+,31+,33+/m1/s1. The zero-order valence-corrected chi connectivity index (χ0v) is 24.2. The van der Waals surface area contributed by atoms with Crippen LogP contribution in [0.15, 0.2) is 78.9 Å². The topological polar surface area (TPSA) is 97.3 Å². The van der Waals surface area contributed by atoms with Gasteiger partial charge in [0.15, 0.2) is 12.4 Å². The van der Waals surface area contributed by atoms with Crippen LogP contribution >= 0.6 is 0 Å². The highest BCUT2D eigenvalue weighted by Crippen LogP contribution is 2.41. The molecule has 1 saturated heterocycles. The smallest absolute Gasteiger partial charge is 0.303 e. The molecule has 5 atom stereocenters. The van der Waals surface area contributed by atoms with E-state index in [-0.39, 0.29) is 30.6 Å². The van der Waals surface area contributed by atoms with E-state index in [1.807, 2.05) is 54.6 Å². The summed E-state index contributed by atoms with van der Waals surface area (Å²) >= 11 is 0. The lowest BCUT2D eigenvalue weighted by Gasteiger charge is -2.42. The molecule has 0 unspecified atom stereocenters. The predicted molar refractivity (Wildman–Crippen MR) is 155 cm³/mol. The van der Waals surface area contributed by atoms with Gasteiger partial charge in [-0.3, -0.25) is 14.5 Å². The van der Waals surface area contributed by atoms with E-state index in [4.69, 9.17) is 14.2 Å². The van der Waals surface area contributed by atoms with Gasteiger partial charge < -0.3 is 24.6 Å². The fourth-order valence-corrected chi connectivity index (χ4v) is 5.02. The van der Waals surface area contributed by atoms with E-state index in [9.17, 15) is 14.7 Å². The molecule has 3 aromatic rings. The van der Waals surface area contributed by atoms with Gasteiger partial charge in [-0.25, -0.2) is 0 Å². The monoisotopic (exact) mass is 560 g/mol. The molecule has 1 fully saturated rings. The number of aliphatic hydroxyl groups excluding tert-OH is 1. The van der Waals surface area contributed by atoms with Crippen LogP contribution in [0.4, 0.5) is 0 Å². The normalized spacial score (nSPS) is 21.3. The molecular formula is C33H40N2O6. The Balaban J connectivity index is 1.48. The fraction of sp³-hybridized carbons (Fsp3) is 0.394. The van der Waals surface area contributed by atoms with Gasteiger partial charge in [0.25, 0.3) is 5.91 Å². The first kappa shape index (κ1) is 30.4. The van der Waals surface area contributed by atoms with Gasteiger partial charge in [-0.15, -0.1) is 0 Å². The molecule has 1 amide bonds. The Bertz CT molecular complexity index is 1270. The van der Waals surface area contributed by atoms with Gasteiger partial charge >= 0.3 is 5.97 Å². The average molecular weight is 561 g/mol. The summed E-state index contributed by atoms with van der Waals surface area (Å²) in [6.45, 7) is 6.82. The second-order valence-corrected chi connectivity index (χ2v) is 10.7. The van der Waals surface area contributed by atoms with E-state index in [0.29, 0.717) is 6.54 Å². The Morgan fingerprint density at radius 3 is 2.20 bits per heavy atom. The first-order valence-corrected chi connectivity index (χ1v) is 14.0. The molecule has 3 aromatic carbocycles. The first-order valence-electron chi connectivity index (χ1n) is 14.0. The minimum Gasteiger partial charge on any atom is -0.453 e. The van der Waals surface area contributed by atoms with Crippen molar-refractivity contribution in [3.63, 3.8) is 0 Å². The van der Waals surface area contributed by atoms with Crippen LogP contribution in [0.5, 0.6) is 0 Å². The largest absolute Gasteiger partial charge is 0.453 e. The van der Waals surface area contributed by atoms with Crippen LogP contribution < -0.4 is 5.32 Å². The Hall–Kier alpha value is -3.56. The van der Waals surface area contributed by atoms with E-state index in [1.165, 1.54) is 12.5 Å². The van der Waals surface area contributed by atoms with Crippen LogP contribution in [0.2, 0.25) is 0 Å². The second kappa shape index (κ2) is 14.4. The number of hydrogen-bond acceptors (Lipinski definition) is 7. The fourth-order valence-electron chi connectivity index (χ4n) is 5.02. The van der Waals surface area contributed by atoms with Crippen molar-refractivity contribution in [2.24, 2.45) is 5.92 Å². The molecule has 1 aliphatic heterocycles. The maximum Gasteiger partial charge on any atom is 0.303 e. The van der Waals surface area contributed by atoms with Gasteiger partial charge in [0.05, 0.1) is 18.8 Å². The van der Waals surface area contributed by atoms with Crippen molar-refractivity contribution in [1.29, 1.82) is 0 Å². The van der Waals surface area contributed by atoms with Gasteiger partial charge in [0, 0.05) is 38.0 Å². The lowest BCUT2D eigenvalue weighted by Crippen LogP contribution is -2.43. The molecule has 0 radical (unpaired) electrons. The zero-order valence-electron chi connectivity index (χ0n) is 24.2. The predicted octanol–water partition coefficient (Wildman–Crippen LogP) is 4.67. The number of amides is 1. The molecule has 0 aromatic heterocycles. The number of aliphatic hydroxyl groups is 1. The molecule has 41 heavy (non-hydrogen) atoms. The summed E-state index contributed by atoms with van der Waals surface area (Å²) in [7, 11) is 2.10. The first-order chi connectivity index (χ1) is 19.7. The van der Waals surface area contributed by atoms with Crippen LogP contribution in [0.1, 0.15) is 61.0 Å². The van der Waals surface area contributed by atoms with Gasteiger partial charge in [-0.05, 0) is 36.2 Å². The zero-order chi connectivity index (χ0) is 29.4. The highest BCUT2D eigenvalue weighted by Gasteiger charge is 2.38. The van der Waals surface area contributed by atoms with Crippen LogP contribution in [0.3, 0.4) is 0 Å². The number of ether oxygens (including phenoxy) is 3. The molecule has 0 aliphatic carbocycles. The van der Waals surface area contributed by atoms with Crippen molar-refractivity contribution in [3.8, 4) is 0 Å². The van der Waals surface area contributed by atoms with Gasteiger partial charge in [0.2, 0.25) is 0 Å². The number of nitrogens with zero attached hydrogens (tertiary/aromatic N) is 1. The molecule has 1 aliphatic rings. The van der Waals surface area contributed by atoms with E-state index in [0.717, 1.165) is 35.3 Å².